The normalized spacial score (nSPS) is 13.8. The summed E-state index contributed by atoms with van der Waals surface area (Å²) in [6, 6.07) is 13.1. The molecular weight excluding hydrogens is 442 g/mol. The lowest BCUT2D eigenvalue weighted by atomic mass is 10.1. The van der Waals surface area contributed by atoms with Crippen molar-refractivity contribution in [1.82, 2.24) is 15.1 Å². The SMILES string of the molecule is CC(C)NC(=O)[C@H](C)N(Cc1ccccc1Cl)C(=O)CCCN1C(=O)c2ccccc2C1=O. The van der Waals surface area contributed by atoms with E-state index in [1.54, 1.807) is 43.3 Å². The molecular formula is C25H28ClN3O4. The van der Waals surface area contributed by atoms with Crippen LogP contribution < -0.4 is 5.32 Å². The van der Waals surface area contributed by atoms with Crippen molar-refractivity contribution in [2.45, 2.75) is 52.2 Å². The van der Waals surface area contributed by atoms with E-state index in [0.29, 0.717) is 22.6 Å². The largest absolute Gasteiger partial charge is 0.352 e. The molecule has 0 unspecified atom stereocenters. The van der Waals surface area contributed by atoms with Crippen LogP contribution in [0.1, 0.15) is 59.9 Å². The molecule has 1 heterocycles. The van der Waals surface area contributed by atoms with Crippen LogP contribution >= 0.6 is 11.6 Å². The van der Waals surface area contributed by atoms with Crippen LogP contribution in [0.15, 0.2) is 48.5 Å². The molecule has 0 spiro atoms. The van der Waals surface area contributed by atoms with Gasteiger partial charge >= 0.3 is 0 Å². The molecule has 33 heavy (non-hydrogen) atoms. The molecule has 0 fully saturated rings. The van der Waals surface area contributed by atoms with Crippen molar-refractivity contribution < 1.29 is 19.2 Å². The van der Waals surface area contributed by atoms with Gasteiger partial charge in [-0.15, -0.1) is 0 Å². The highest BCUT2D eigenvalue weighted by molar-refractivity contribution is 6.31. The molecule has 0 saturated carbocycles. The zero-order chi connectivity index (χ0) is 24.1. The lowest BCUT2D eigenvalue weighted by Gasteiger charge is -2.30. The van der Waals surface area contributed by atoms with Crippen molar-refractivity contribution in [2.75, 3.05) is 6.54 Å². The molecule has 0 aliphatic carbocycles. The first kappa shape index (κ1) is 24.5. The van der Waals surface area contributed by atoms with Crippen LogP contribution in [-0.2, 0) is 16.1 Å². The first-order chi connectivity index (χ1) is 15.7. The number of imide groups is 1. The van der Waals surface area contributed by atoms with Gasteiger partial charge < -0.3 is 10.2 Å². The first-order valence-corrected chi connectivity index (χ1v) is 11.4. The van der Waals surface area contributed by atoms with Crippen molar-refractivity contribution in [3.05, 3.63) is 70.2 Å². The van der Waals surface area contributed by atoms with Gasteiger partial charge in [-0.3, -0.25) is 24.1 Å². The second-order valence-electron chi connectivity index (χ2n) is 8.36. The van der Waals surface area contributed by atoms with E-state index >= 15 is 0 Å². The predicted octanol–water partition coefficient (Wildman–Crippen LogP) is 3.66. The van der Waals surface area contributed by atoms with Gasteiger partial charge in [0.05, 0.1) is 11.1 Å². The molecule has 0 saturated heterocycles. The van der Waals surface area contributed by atoms with Gasteiger partial charge in [0.1, 0.15) is 6.04 Å². The van der Waals surface area contributed by atoms with Gasteiger partial charge in [0.15, 0.2) is 0 Å². The van der Waals surface area contributed by atoms with Crippen molar-refractivity contribution in [3.8, 4) is 0 Å². The third-order valence-corrected chi connectivity index (χ3v) is 5.92. The van der Waals surface area contributed by atoms with Gasteiger partial charge in [0.2, 0.25) is 11.8 Å². The number of nitrogens with zero attached hydrogens (tertiary/aromatic N) is 2. The van der Waals surface area contributed by atoms with E-state index < -0.39 is 6.04 Å². The van der Waals surface area contributed by atoms with E-state index in [1.807, 2.05) is 26.0 Å². The van der Waals surface area contributed by atoms with Crippen molar-refractivity contribution in [1.29, 1.82) is 0 Å². The summed E-state index contributed by atoms with van der Waals surface area (Å²) in [6.45, 7) is 5.69. The molecule has 1 aliphatic rings. The fraction of sp³-hybridized carbons (Fsp3) is 0.360. The van der Waals surface area contributed by atoms with Crippen molar-refractivity contribution >= 4 is 35.2 Å². The second kappa shape index (κ2) is 10.6. The maximum atomic E-state index is 13.2. The van der Waals surface area contributed by atoms with Gasteiger partial charge in [0.25, 0.3) is 11.8 Å². The van der Waals surface area contributed by atoms with Crippen LogP contribution in [-0.4, -0.2) is 52.1 Å². The summed E-state index contributed by atoms with van der Waals surface area (Å²) >= 11 is 6.29. The van der Waals surface area contributed by atoms with Gasteiger partial charge in [0, 0.05) is 30.6 Å². The zero-order valence-electron chi connectivity index (χ0n) is 19.0. The van der Waals surface area contributed by atoms with E-state index in [2.05, 4.69) is 5.32 Å². The number of nitrogens with one attached hydrogen (secondary N) is 1. The Bertz CT molecular complexity index is 1030. The van der Waals surface area contributed by atoms with Gasteiger partial charge in [-0.2, -0.15) is 0 Å². The van der Waals surface area contributed by atoms with Gasteiger partial charge in [-0.1, -0.05) is 41.9 Å². The Balaban J connectivity index is 1.68. The Morgan fingerprint density at radius 1 is 0.970 bits per heavy atom. The number of amides is 4. The van der Waals surface area contributed by atoms with Crippen LogP contribution in [0.3, 0.4) is 0 Å². The third kappa shape index (κ3) is 5.60. The summed E-state index contributed by atoms with van der Waals surface area (Å²) in [5.41, 5.74) is 1.50. The maximum Gasteiger partial charge on any atom is 0.261 e. The molecule has 1 N–H and O–H groups in total. The fourth-order valence-electron chi connectivity index (χ4n) is 3.77. The molecule has 7 nitrogen and oxygen atoms in total. The average Bonchev–Trinajstić information content (AvgIpc) is 3.02. The standard InChI is InChI=1S/C25H28ClN3O4/c1-16(2)27-23(31)17(3)29(15-18-9-4-7-12-21(18)26)22(30)13-8-14-28-24(32)19-10-5-6-11-20(19)25(28)33/h4-7,9-12,16-17H,8,13-15H2,1-3H3,(H,27,31)/t17-/m0/s1. The maximum absolute atomic E-state index is 13.2. The van der Waals surface area contributed by atoms with Crippen molar-refractivity contribution in [2.24, 2.45) is 0 Å². The van der Waals surface area contributed by atoms with Crippen LogP contribution in [0.2, 0.25) is 5.02 Å². The summed E-state index contributed by atoms with van der Waals surface area (Å²) < 4.78 is 0. The molecule has 0 radical (unpaired) electrons. The molecule has 8 heteroatoms. The van der Waals surface area contributed by atoms with E-state index in [1.165, 1.54) is 9.80 Å². The van der Waals surface area contributed by atoms with E-state index in [4.69, 9.17) is 11.6 Å². The Kier molecular flexibility index (Phi) is 7.87. The minimum Gasteiger partial charge on any atom is -0.352 e. The van der Waals surface area contributed by atoms with E-state index in [9.17, 15) is 19.2 Å². The molecule has 2 aromatic rings. The topological polar surface area (TPSA) is 86.8 Å². The summed E-state index contributed by atoms with van der Waals surface area (Å²) in [7, 11) is 0. The highest BCUT2D eigenvalue weighted by Crippen LogP contribution is 2.23. The Morgan fingerprint density at radius 2 is 1.55 bits per heavy atom. The Morgan fingerprint density at radius 3 is 2.12 bits per heavy atom. The molecule has 0 bridgehead atoms. The van der Waals surface area contributed by atoms with Crippen molar-refractivity contribution in [3.63, 3.8) is 0 Å². The lowest BCUT2D eigenvalue weighted by molar-refractivity contribution is -0.140. The van der Waals surface area contributed by atoms with Gasteiger partial charge in [-0.25, -0.2) is 0 Å². The average molecular weight is 470 g/mol. The number of fused-ring (bicyclic) bond motifs is 1. The molecule has 2 aromatic carbocycles. The lowest BCUT2D eigenvalue weighted by Crippen LogP contribution is -2.49. The van der Waals surface area contributed by atoms with Crippen LogP contribution in [0.25, 0.3) is 0 Å². The molecule has 3 rings (SSSR count). The Labute approximate surface area is 198 Å². The second-order valence-corrected chi connectivity index (χ2v) is 8.77. The van der Waals surface area contributed by atoms with Crippen LogP contribution in [0.5, 0.6) is 0 Å². The Hall–Kier alpha value is -3.19. The van der Waals surface area contributed by atoms with Crippen LogP contribution in [0, 0.1) is 0 Å². The molecule has 0 aromatic heterocycles. The highest BCUT2D eigenvalue weighted by atomic mass is 35.5. The predicted molar refractivity (Wildman–Crippen MR) is 126 cm³/mol. The quantitative estimate of drug-likeness (QED) is 0.568. The first-order valence-electron chi connectivity index (χ1n) is 11.0. The number of hydrogen-bond donors (Lipinski definition) is 1. The third-order valence-electron chi connectivity index (χ3n) is 5.55. The van der Waals surface area contributed by atoms with E-state index in [-0.39, 0.29) is 49.2 Å². The number of benzene rings is 2. The molecule has 1 aliphatic heterocycles. The number of carbonyl (C=O) groups is 4. The fourth-order valence-corrected chi connectivity index (χ4v) is 3.97. The van der Waals surface area contributed by atoms with Crippen LogP contribution in [0.4, 0.5) is 0 Å². The molecule has 4 amide bonds. The number of hydrogen-bond acceptors (Lipinski definition) is 4. The minimum atomic E-state index is -0.713. The number of halogens is 1. The highest BCUT2D eigenvalue weighted by Gasteiger charge is 2.35. The minimum absolute atomic E-state index is 0.0639. The summed E-state index contributed by atoms with van der Waals surface area (Å²) in [5.74, 6) is -1.20. The smallest absolute Gasteiger partial charge is 0.261 e. The molecule has 1 atom stereocenters. The van der Waals surface area contributed by atoms with E-state index in [0.717, 1.165) is 5.56 Å². The molecule has 174 valence electrons. The zero-order valence-corrected chi connectivity index (χ0v) is 19.8. The van der Waals surface area contributed by atoms with Gasteiger partial charge in [-0.05, 0) is 51.0 Å². The number of rotatable bonds is 9. The summed E-state index contributed by atoms with van der Waals surface area (Å²) in [6.07, 6.45) is 0.374. The summed E-state index contributed by atoms with van der Waals surface area (Å²) in [4.78, 5) is 53.5. The summed E-state index contributed by atoms with van der Waals surface area (Å²) in [5, 5.41) is 3.35. The number of carbonyl (C=O) groups excluding carboxylic acids is 4. The monoisotopic (exact) mass is 469 g/mol.